The molecule has 0 saturated carbocycles. The van der Waals surface area contributed by atoms with Gasteiger partial charge in [-0.3, -0.25) is 10.1 Å². The minimum atomic E-state index is -4.50. The van der Waals surface area contributed by atoms with Crippen LogP contribution in [0.4, 0.5) is 23.7 Å². The summed E-state index contributed by atoms with van der Waals surface area (Å²) in [5.74, 6) is -0.681. The van der Waals surface area contributed by atoms with Crippen molar-refractivity contribution in [2.75, 3.05) is 11.9 Å². The van der Waals surface area contributed by atoms with Gasteiger partial charge in [0.1, 0.15) is 6.04 Å². The van der Waals surface area contributed by atoms with E-state index in [0.29, 0.717) is 12.1 Å². The van der Waals surface area contributed by atoms with Crippen LogP contribution in [0.3, 0.4) is 0 Å². The van der Waals surface area contributed by atoms with Crippen molar-refractivity contribution in [3.05, 3.63) is 65.7 Å². The van der Waals surface area contributed by atoms with Crippen LogP contribution >= 0.6 is 0 Å². The quantitative estimate of drug-likeness (QED) is 0.757. The number of amides is 3. The number of imide groups is 1. The largest absolute Gasteiger partial charge is 0.416 e. The second-order valence-electron chi connectivity index (χ2n) is 5.42. The van der Waals surface area contributed by atoms with E-state index in [1.165, 1.54) is 12.1 Å². The van der Waals surface area contributed by atoms with Crippen LogP contribution in [-0.4, -0.2) is 18.5 Å². The molecule has 0 saturated heterocycles. The molecule has 8 heteroatoms. The summed E-state index contributed by atoms with van der Waals surface area (Å²) in [7, 11) is 0. The molecule has 0 spiro atoms. The fraction of sp³-hybridized carbons (Fsp3) is 0.222. The molecule has 1 atom stereocenters. The van der Waals surface area contributed by atoms with E-state index in [2.05, 4.69) is 16.0 Å². The van der Waals surface area contributed by atoms with E-state index in [-0.39, 0.29) is 5.69 Å². The highest BCUT2D eigenvalue weighted by Crippen LogP contribution is 2.31. The molecule has 2 aromatic rings. The van der Waals surface area contributed by atoms with Crippen LogP contribution < -0.4 is 16.0 Å². The van der Waals surface area contributed by atoms with Gasteiger partial charge < -0.3 is 10.6 Å². The van der Waals surface area contributed by atoms with Crippen LogP contribution in [0.5, 0.6) is 0 Å². The van der Waals surface area contributed by atoms with Crippen LogP contribution in [0.2, 0.25) is 0 Å². The minimum Gasteiger partial charge on any atom is -0.370 e. The van der Waals surface area contributed by atoms with Crippen molar-refractivity contribution in [1.29, 1.82) is 0 Å². The molecule has 138 valence electrons. The van der Waals surface area contributed by atoms with Crippen LogP contribution in [0.25, 0.3) is 0 Å². The molecule has 0 aliphatic carbocycles. The van der Waals surface area contributed by atoms with E-state index in [1.54, 1.807) is 37.3 Å². The molecule has 0 fully saturated rings. The van der Waals surface area contributed by atoms with Gasteiger partial charge in [-0.25, -0.2) is 4.79 Å². The molecule has 0 bridgehead atoms. The second-order valence-corrected chi connectivity index (χ2v) is 5.42. The third kappa shape index (κ3) is 5.23. The molecule has 3 amide bonds. The Hall–Kier alpha value is -3.03. The zero-order valence-corrected chi connectivity index (χ0v) is 13.9. The Morgan fingerprint density at radius 1 is 1.04 bits per heavy atom. The van der Waals surface area contributed by atoms with Gasteiger partial charge in [0.05, 0.1) is 5.56 Å². The molecule has 0 aliphatic heterocycles. The van der Waals surface area contributed by atoms with Gasteiger partial charge in [-0.05, 0) is 30.7 Å². The number of benzene rings is 2. The fourth-order valence-corrected chi connectivity index (χ4v) is 2.29. The molecule has 0 heterocycles. The number of alkyl halides is 3. The second kappa shape index (κ2) is 8.37. The Morgan fingerprint density at radius 3 is 2.35 bits per heavy atom. The van der Waals surface area contributed by atoms with Crippen LogP contribution in [0.1, 0.15) is 24.1 Å². The normalized spacial score (nSPS) is 12.2. The van der Waals surface area contributed by atoms with Gasteiger partial charge in [0.2, 0.25) is 0 Å². The van der Waals surface area contributed by atoms with Crippen molar-refractivity contribution in [1.82, 2.24) is 10.6 Å². The third-order valence-electron chi connectivity index (χ3n) is 3.47. The molecule has 2 rings (SSSR count). The van der Waals surface area contributed by atoms with Crippen LogP contribution in [0, 0.1) is 0 Å². The molecule has 0 radical (unpaired) electrons. The predicted octanol–water partition coefficient (Wildman–Crippen LogP) is 3.70. The summed E-state index contributed by atoms with van der Waals surface area (Å²) in [5, 5.41) is 7.36. The van der Waals surface area contributed by atoms with Gasteiger partial charge in [-0.15, -0.1) is 0 Å². The van der Waals surface area contributed by atoms with E-state index in [9.17, 15) is 22.8 Å². The van der Waals surface area contributed by atoms with E-state index >= 15 is 0 Å². The smallest absolute Gasteiger partial charge is 0.370 e. The highest BCUT2D eigenvalue weighted by Gasteiger charge is 2.31. The number of anilines is 1. The zero-order chi connectivity index (χ0) is 19.2. The molecular weight excluding hydrogens is 347 g/mol. The number of nitrogens with one attached hydrogen (secondary N) is 3. The van der Waals surface area contributed by atoms with Crippen LogP contribution in [0.15, 0.2) is 54.6 Å². The summed E-state index contributed by atoms with van der Waals surface area (Å²) in [6.07, 6.45) is -4.50. The molecule has 2 aromatic carbocycles. The van der Waals surface area contributed by atoms with Crippen molar-refractivity contribution in [2.45, 2.75) is 19.1 Å². The Morgan fingerprint density at radius 2 is 1.73 bits per heavy atom. The first-order valence-electron chi connectivity index (χ1n) is 7.88. The van der Waals surface area contributed by atoms with Gasteiger partial charge in [0.25, 0.3) is 5.91 Å². The Balaban J connectivity index is 2.28. The Kier molecular flexibility index (Phi) is 6.21. The lowest BCUT2D eigenvalue weighted by Gasteiger charge is -2.20. The number of carbonyl (C=O) groups is 2. The molecule has 26 heavy (non-hydrogen) atoms. The summed E-state index contributed by atoms with van der Waals surface area (Å²) < 4.78 is 38.7. The SMILES string of the molecule is CCNC(=O)NC(=O)C(Nc1cccc(C(F)(F)F)c1)c1ccccc1. The lowest BCUT2D eigenvalue weighted by Crippen LogP contribution is -2.43. The molecule has 0 aromatic heterocycles. The van der Waals surface area contributed by atoms with Crippen molar-refractivity contribution >= 4 is 17.6 Å². The van der Waals surface area contributed by atoms with E-state index < -0.39 is 29.7 Å². The van der Waals surface area contributed by atoms with Crippen molar-refractivity contribution < 1.29 is 22.8 Å². The molecule has 5 nitrogen and oxygen atoms in total. The standard InChI is InChI=1S/C18H18F3N3O2/c1-2-22-17(26)24-16(25)15(12-7-4-3-5-8-12)23-14-10-6-9-13(11-14)18(19,20)21/h3-11,15,23H,2H2,1H3,(H2,22,24,25,26). The predicted molar refractivity (Wildman–Crippen MR) is 91.5 cm³/mol. The summed E-state index contributed by atoms with van der Waals surface area (Å²) in [4.78, 5) is 24.1. The molecular formula is C18H18F3N3O2. The number of urea groups is 1. The van der Waals surface area contributed by atoms with E-state index in [4.69, 9.17) is 0 Å². The number of rotatable bonds is 5. The highest BCUT2D eigenvalue weighted by molar-refractivity contribution is 5.98. The minimum absolute atomic E-state index is 0.111. The molecule has 0 aliphatic rings. The lowest BCUT2D eigenvalue weighted by molar-refractivity contribution is -0.137. The van der Waals surface area contributed by atoms with E-state index in [1.807, 2.05) is 0 Å². The summed E-state index contributed by atoms with van der Waals surface area (Å²) in [6, 6.07) is 11.2. The maximum absolute atomic E-state index is 12.9. The number of hydrogen-bond donors (Lipinski definition) is 3. The number of carbonyl (C=O) groups excluding carboxylic acids is 2. The average Bonchev–Trinajstić information content (AvgIpc) is 2.60. The van der Waals surface area contributed by atoms with Gasteiger partial charge >= 0.3 is 12.2 Å². The fourth-order valence-electron chi connectivity index (χ4n) is 2.29. The van der Waals surface area contributed by atoms with Gasteiger partial charge in [0.15, 0.2) is 0 Å². The van der Waals surface area contributed by atoms with Crippen molar-refractivity contribution in [2.24, 2.45) is 0 Å². The van der Waals surface area contributed by atoms with Gasteiger partial charge in [-0.2, -0.15) is 13.2 Å². The Bertz CT molecular complexity index is 764. The first-order chi connectivity index (χ1) is 12.3. The topological polar surface area (TPSA) is 70.2 Å². The first kappa shape index (κ1) is 19.3. The molecule has 3 N–H and O–H groups in total. The highest BCUT2D eigenvalue weighted by atomic mass is 19.4. The maximum Gasteiger partial charge on any atom is 0.416 e. The monoisotopic (exact) mass is 365 g/mol. The molecule has 1 unspecified atom stereocenters. The summed E-state index contributed by atoms with van der Waals surface area (Å²) in [5.41, 5.74) is -0.218. The zero-order valence-electron chi connectivity index (χ0n) is 13.9. The average molecular weight is 365 g/mol. The van der Waals surface area contributed by atoms with Gasteiger partial charge in [0, 0.05) is 12.2 Å². The first-order valence-corrected chi connectivity index (χ1v) is 7.88. The Labute approximate surface area is 148 Å². The maximum atomic E-state index is 12.9. The van der Waals surface area contributed by atoms with Crippen LogP contribution in [-0.2, 0) is 11.0 Å². The summed E-state index contributed by atoms with van der Waals surface area (Å²) in [6.45, 7) is 2.02. The number of hydrogen-bond acceptors (Lipinski definition) is 3. The van der Waals surface area contributed by atoms with E-state index in [0.717, 1.165) is 12.1 Å². The van der Waals surface area contributed by atoms with Crippen molar-refractivity contribution in [3.63, 3.8) is 0 Å². The third-order valence-corrected chi connectivity index (χ3v) is 3.47. The van der Waals surface area contributed by atoms with Gasteiger partial charge in [-0.1, -0.05) is 36.4 Å². The van der Waals surface area contributed by atoms with Crippen molar-refractivity contribution in [3.8, 4) is 0 Å². The summed E-state index contributed by atoms with van der Waals surface area (Å²) >= 11 is 0. The lowest BCUT2D eigenvalue weighted by atomic mass is 10.1. The number of halogens is 3.